The van der Waals surface area contributed by atoms with Crippen LogP contribution in [0.1, 0.15) is 89.6 Å². The monoisotopic (exact) mass is 585 g/mol. The lowest BCUT2D eigenvalue weighted by Crippen LogP contribution is -2.52. The van der Waals surface area contributed by atoms with E-state index in [0.717, 1.165) is 0 Å². The van der Waals surface area contributed by atoms with Crippen molar-refractivity contribution in [2.75, 3.05) is 6.79 Å². The Hall–Kier alpha value is -3.39. The number of nitrogens with two attached hydrogens (primary N) is 1. The average molecular weight is 586 g/mol. The van der Waals surface area contributed by atoms with Gasteiger partial charge in [-0.1, -0.05) is 12.1 Å². The van der Waals surface area contributed by atoms with E-state index in [4.69, 9.17) is 24.7 Å². The predicted octanol–water partition coefficient (Wildman–Crippen LogP) is 1.78. The van der Waals surface area contributed by atoms with E-state index in [1.54, 1.807) is 20.8 Å². The smallest absolute Gasteiger partial charge is 0.202 e. The van der Waals surface area contributed by atoms with Gasteiger partial charge in [-0.15, -0.1) is 0 Å². The van der Waals surface area contributed by atoms with Crippen molar-refractivity contribution in [1.29, 1.82) is 0 Å². The zero-order valence-electron chi connectivity index (χ0n) is 23.7. The topological polar surface area (TPSA) is 195 Å². The van der Waals surface area contributed by atoms with E-state index >= 15 is 0 Å². The zero-order chi connectivity index (χ0) is 30.7. The molecule has 0 bridgehead atoms. The highest BCUT2D eigenvalue weighted by Crippen LogP contribution is 2.52. The number of ether oxygens (including phenoxy) is 4. The van der Waals surface area contributed by atoms with Gasteiger partial charge >= 0.3 is 0 Å². The Morgan fingerprint density at radius 1 is 1.14 bits per heavy atom. The molecule has 1 fully saturated rings. The minimum Gasteiger partial charge on any atom is -0.507 e. The number of benzene rings is 2. The molecule has 42 heavy (non-hydrogen) atoms. The summed E-state index contributed by atoms with van der Waals surface area (Å²) in [6.45, 7) is 6.20. The molecule has 2 aromatic carbocycles. The van der Waals surface area contributed by atoms with Crippen LogP contribution in [0.2, 0.25) is 0 Å². The van der Waals surface area contributed by atoms with Crippen molar-refractivity contribution >= 4 is 17.3 Å². The second-order valence-electron chi connectivity index (χ2n) is 11.4. The molecule has 6 N–H and O–H groups in total. The van der Waals surface area contributed by atoms with Crippen LogP contribution in [0.25, 0.3) is 0 Å². The third kappa shape index (κ3) is 4.97. The summed E-state index contributed by atoms with van der Waals surface area (Å²) in [5.41, 5.74) is 2.82. The van der Waals surface area contributed by atoms with Crippen molar-refractivity contribution < 1.29 is 53.8 Å². The van der Waals surface area contributed by atoms with Crippen LogP contribution in [-0.4, -0.2) is 80.8 Å². The fraction of sp³-hybridized carbons (Fsp3) is 0.500. The summed E-state index contributed by atoms with van der Waals surface area (Å²) in [6, 6.07) is 3.71. The van der Waals surface area contributed by atoms with Gasteiger partial charge in [-0.05, 0) is 33.8 Å². The molecule has 2 aliphatic carbocycles. The van der Waals surface area contributed by atoms with Gasteiger partial charge in [0, 0.05) is 42.0 Å². The number of aromatic hydroxyl groups is 2. The molecule has 0 amide bonds. The Kier molecular flexibility index (Phi) is 7.90. The maximum absolute atomic E-state index is 13.9. The fourth-order valence-electron chi connectivity index (χ4n) is 5.84. The van der Waals surface area contributed by atoms with Gasteiger partial charge in [0.25, 0.3) is 0 Å². The quantitative estimate of drug-likeness (QED) is 0.199. The Balaban J connectivity index is 1.63. The molecular weight excluding hydrogens is 550 g/mol. The van der Waals surface area contributed by atoms with Gasteiger partial charge in [0.15, 0.2) is 24.6 Å². The highest BCUT2D eigenvalue weighted by molar-refractivity contribution is 6.31. The van der Waals surface area contributed by atoms with Gasteiger partial charge in [-0.3, -0.25) is 14.4 Å². The van der Waals surface area contributed by atoms with Crippen LogP contribution >= 0.6 is 0 Å². The Morgan fingerprint density at radius 3 is 2.48 bits per heavy atom. The first-order chi connectivity index (χ1) is 19.7. The lowest BCUT2D eigenvalue weighted by molar-refractivity contribution is -0.247. The van der Waals surface area contributed by atoms with E-state index in [9.17, 15) is 34.8 Å². The van der Waals surface area contributed by atoms with Crippen LogP contribution in [0.15, 0.2) is 18.2 Å². The van der Waals surface area contributed by atoms with Gasteiger partial charge in [0.1, 0.15) is 22.8 Å². The minimum atomic E-state index is -2.02. The number of carbonyl (C=O) groups excluding carboxylic acids is 3. The minimum absolute atomic E-state index is 0.0493. The first-order valence-corrected chi connectivity index (χ1v) is 13.8. The van der Waals surface area contributed by atoms with Gasteiger partial charge in [0.2, 0.25) is 5.78 Å². The summed E-state index contributed by atoms with van der Waals surface area (Å²) >= 11 is 0. The molecule has 6 atom stereocenters. The van der Waals surface area contributed by atoms with Gasteiger partial charge in [0.05, 0.1) is 41.1 Å². The van der Waals surface area contributed by atoms with E-state index in [-0.39, 0.29) is 53.7 Å². The number of Topliss-reactive ketones (excluding diaryl/α,β-unsaturated/α-hetero) is 1. The van der Waals surface area contributed by atoms with Crippen molar-refractivity contribution in [1.82, 2.24) is 0 Å². The van der Waals surface area contributed by atoms with Gasteiger partial charge in [-0.2, -0.15) is 0 Å². The number of rotatable bonds is 7. The van der Waals surface area contributed by atoms with Crippen LogP contribution in [-0.2, 0) is 25.4 Å². The molecule has 3 aliphatic rings. The number of aliphatic hydroxyl groups excluding tert-OH is 1. The SMILES string of the molecule is CC(=O)[C@]1(O)Cc2c(O)c3c(c(O)c2[C@@H](OC2CC(N)C(O)C(C)O2)C1)C(=O)c1c(OCOC(C)C)cccc1C3=O. The molecule has 1 saturated heterocycles. The summed E-state index contributed by atoms with van der Waals surface area (Å²) in [4.78, 5) is 40.2. The van der Waals surface area contributed by atoms with Crippen molar-refractivity contribution in [2.24, 2.45) is 5.73 Å². The predicted molar refractivity (Wildman–Crippen MR) is 146 cm³/mol. The van der Waals surface area contributed by atoms with Crippen LogP contribution in [0.4, 0.5) is 0 Å². The summed E-state index contributed by atoms with van der Waals surface area (Å²) in [6.07, 6.45) is -4.80. The lowest BCUT2D eigenvalue weighted by atomic mass is 9.72. The molecule has 5 rings (SSSR count). The number of ketones is 3. The first kappa shape index (κ1) is 30.1. The van der Waals surface area contributed by atoms with E-state index in [2.05, 4.69) is 0 Å². The molecule has 226 valence electrons. The second kappa shape index (κ2) is 11.0. The third-order valence-corrected chi connectivity index (χ3v) is 8.19. The number of phenolic OH excluding ortho intramolecular Hbond substituents is 2. The molecule has 12 nitrogen and oxygen atoms in total. The average Bonchev–Trinajstić information content (AvgIpc) is 2.91. The van der Waals surface area contributed by atoms with Crippen molar-refractivity contribution in [3.63, 3.8) is 0 Å². The van der Waals surface area contributed by atoms with Crippen LogP contribution in [0, 0.1) is 0 Å². The lowest BCUT2D eigenvalue weighted by Gasteiger charge is -2.42. The van der Waals surface area contributed by atoms with Gasteiger partial charge in [-0.25, -0.2) is 0 Å². The summed E-state index contributed by atoms with van der Waals surface area (Å²) < 4.78 is 22.9. The van der Waals surface area contributed by atoms with Crippen molar-refractivity contribution in [2.45, 2.75) is 89.3 Å². The molecule has 12 heteroatoms. The Labute approximate surface area is 241 Å². The molecular formula is C30H35NO11. The number of hydrogen-bond acceptors (Lipinski definition) is 12. The van der Waals surface area contributed by atoms with Gasteiger partial charge < -0.3 is 45.1 Å². The third-order valence-electron chi connectivity index (χ3n) is 8.19. The largest absolute Gasteiger partial charge is 0.507 e. The fourth-order valence-corrected chi connectivity index (χ4v) is 5.84. The molecule has 1 heterocycles. The van der Waals surface area contributed by atoms with E-state index in [1.165, 1.54) is 25.1 Å². The number of fused-ring (bicyclic) bond motifs is 3. The maximum atomic E-state index is 13.9. The summed E-state index contributed by atoms with van der Waals surface area (Å²) in [5, 5.41) is 44.5. The van der Waals surface area contributed by atoms with Crippen molar-refractivity contribution in [3.05, 3.63) is 51.6 Å². The number of hydrogen-bond donors (Lipinski definition) is 5. The second-order valence-corrected chi connectivity index (χ2v) is 11.4. The normalized spacial score (nSPS) is 28.7. The molecule has 0 spiro atoms. The molecule has 1 aliphatic heterocycles. The van der Waals surface area contributed by atoms with E-state index in [0.29, 0.717) is 0 Å². The Bertz CT molecular complexity index is 1440. The number of aliphatic hydroxyl groups is 2. The summed E-state index contributed by atoms with van der Waals surface area (Å²) in [5.74, 6) is -3.35. The molecule has 0 aromatic heterocycles. The van der Waals surface area contributed by atoms with E-state index < -0.39 is 82.6 Å². The summed E-state index contributed by atoms with van der Waals surface area (Å²) in [7, 11) is 0. The van der Waals surface area contributed by atoms with Crippen molar-refractivity contribution in [3.8, 4) is 17.2 Å². The number of carbonyl (C=O) groups is 3. The van der Waals surface area contributed by atoms with Crippen LogP contribution < -0.4 is 10.5 Å². The standard InChI is InChI=1S/C30H35NO11/c1-12(2)39-11-40-18-7-5-6-15-21(18)28(36)24-23(26(15)34)27(35)16-9-30(38,14(4)32)10-19(22(16)29(24)37)42-20-8-17(31)25(33)13(3)41-20/h5-7,12-13,17,19-20,25,33,35,37-38H,8-11,31H2,1-4H3/t13?,17?,19-,20?,25?,30-/m0/s1. The van der Waals surface area contributed by atoms with Crippen LogP contribution in [0.3, 0.4) is 0 Å². The van der Waals surface area contributed by atoms with E-state index in [1.807, 2.05) is 0 Å². The first-order valence-electron chi connectivity index (χ1n) is 13.8. The molecule has 0 radical (unpaired) electrons. The number of phenols is 2. The molecule has 4 unspecified atom stereocenters. The zero-order valence-corrected chi connectivity index (χ0v) is 23.7. The maximum Gasteiger partial charge on any atom is 0.202 e. The Morgan fingerprint density at radius 2 is 1.83 bits per heavy atom. The molecule has 2 aromatic rings. The highest BCUT2D eigenvalue weighted by atomic mass is 16.7. The highest BCUT2D eigenvalue weighted by Gasteiger charge is 2.49. The molecule has 0 saturated carbocycles. The van der Waals surface area contributed by atoms with Crippen LogP contribution in [0.5, 0.6) is 17.2 Å².